The molecular weight excluding hydrogens is 452 g/mol. The summed E-state index contributed by atoms with van der Waals surface area (Å²) in [7, 11) is 0. The maximum atomic E-state index is 15.0. The van der Waals surface area contributed by atoms with E-state index in [1.54, 1.807) is 0 Å². The molecule has 2 aromatic rings. The second-order valence-corrected chi connectivity index (χ2v) is 7.84. The van der Waals surface area contributed by atoms with Gasteiger partial charge in [0.15, 0.2) is 11.6 Å². The number of aromatic carboxylic acids is 1. The number of hydrazine groups is 1. The van der Waals surface area contributed by atoms with Crippen LogP contribution in [0.1, 0.15) is 20.7 Å². The number of hydrogen-bond acceptors (Lipinski definition) is 7. The van der Waals surface area contributed by atoms with Crippen molar-refractivity contribution in [2.45, 2.75) is 6.10 Å². The lowest BCUT2D eigenvalue weighted by Gasteiger charge is -2.25. The normalized spacial score (nSPS) is 18.6. The number of rotatable bonds is 5. The first-order chi connectivity index (χ1) is 16.3. The number of benzene rings is 2. The van der Waals surface area contributed by atoms with Crippen LogP contribution in [0.25, 0.3) is 0 Å². The van der Waals surface area contributed by atoms with Crippen LogP contribution < -0.4 is 21.0 Å². The molecule has 4 N–H and O–H groups in total. The van der Waals surface area contributed by atoms with Crippen LogP contribution in [0.3, 0.4) is 0 Å². The molecule has 2 aromatic carbocycles. The summed E-state index contributed by atoms with van der Waals surface area (Å²) in [5, 5.41) is 10.3. The molecule has 180 valence electrons. The van der Waals surface area contributed by atoms with E-state index < -0.39 is 35.7 Å². The monoisotopic (exact) mass is 475 g/mol. The Hall–Kier alpha value is -3.77. The van der Waals surface area contributed by atoms with E-state index in [1.165, 1.54) is 34.2 Å². The predicted molar refractivity (Wildman–Crippen MR) is 118 cm³/mol. The van der Waals surface area contributed by atoms with E-state index in [0.717, 1.165) is 17.0 Å². The number of carboxylic acids is 1. The van der Waals surface area contributed by atoms with Crippen molar-refractivity contribution in [1.82, 2.24) is 10.4 Å². The fraction of sp³-hybridized carbons (Fsp3) is 0.318. The first-order valence-electron chi connectivity index (χ1n) is 10.6. The number of nitrogens with zero attached hydrogens (tertiary/aromatic N) is 3. The summed E-state index contributed by atoms with van der Waals surface area (Å²) < 4.78 is 35.0. The van der Waals surface area contributed by atoms with E-state index in [4.69, 9.17) is 15.6 Å². The predicted octanol–water partition coefficient (Wildman–Crippen LogP) is 1.41. The molecule has 12 heteroatoms. The zero-order chi connectivity index (χ0) is 24.4. The second-order valence-electron chi connectivity index (χ2n) is 7.84. The summed E-state index contributed by atoms with van der Waals surface area (Å²) in [6.07, 6.45) is -1.26. The van der Waals surface area contributed by atoms with Crippen molar-refractivity contribution in [3.8, 4) is 0 Å². The average molecular weight is 475 g/mol. The van der Waals surface area contributed by atoms with E-state index in [0.29, 0.717) is 0 Å². The standard InChI is InChI=1S/C22H23F2N5O5/c23-17-9-15(28-12-16(11-25)34-22(28)33)10-18(24)19(17)27-6-5-26-29(8-7-27)20(30)13-1-3-14(4-2-13)21(31)32/h1-4,9-10,16,26H,5-8,11-12,25H2,(H,31,32)/t16-/m0/s1. The summed E-state index contributed by atoms with van der Waals surface area (Å²) in [5.74, 6) is -3.18. The third-order valence-electron chi connectivity index (χ3n) is 5.67. The smallest absolute Gasteiger partial charge is 0.414 e. The molecule has 10 nitrogen and oxygen atoms in total. The highest BCUT2D eigenvalue weighted by Crippen LogP contribution is 2.31. The Bertz CT molecular complexity index is 1090. The van der Waals surface area contributed by atoms with Crippen LogP contribution in [-0.4, -0.2) is 73.5 Å². The minimum atomic E-state index is -1.10. The zero-order valence-electron chi connectivity index (χ0n) is 18.0. The van der Waals surface area contributed by atoms with E-state index >= 15 is 0 Å². The van der Waals surface area contributed by atoms with Crippen LogP contribution in [0.15, 0.2) is 36.4 Å². The van der Waals surface area contributed by atoms with Crippen molar-refractivity contribution >= 4 is 29.3 Å². The number of amides is 2. The summed E-state index contributed by atoms with van der Waals surface area (Å²) in [6.45, 7) is 0.916. The summed E-state index contributed by atoms with van der Waals surface area (Å²) >= 11 is 0. The van der Waals surface area contributed by atoms with Gasteiger partial charge in [0.2, 0.25) is 0 Å². The number of nitrogens with one attached hydrogen (secondary N) is 1. The molecule has 2 aliphatic heterocycles. The van der Waals surface area contributed by atoms with Gasteiger partial charge >= 0.3 is 12.1 Å². The lowest BCUT2D eigenvalue weighted by molar-refractivity contribution is 0.0674. The van der Waals surface area contributed by atoms with Crippen molar-refractivity contribution in [1.29, 1.82) is 0 Å². The van der Waals surface area contributed by atoms with Crippen LogP contribution in [0.5, 0.6) is 0 Å². The van der Waals surface area contributed by atoms with Gasteiger partial charge in [0, 0.05) is 43.9 Å². The Kier molecular flexibility index (Phi) is 6.61. The molecule has 0 unspecified atom stereocenters. The van der Waals surface area contributed by atoms with E-state index in [2.05, 4.69) is 5.43 Å². The molecule has 2 aliphatic rings. The molecule has 1 atom stereocenters. The lowest BCUT2D eigenvalue weighted by atomic mass is 10.1. The minimum absolute atomic E-state index is 0.0364. The van der Waals surface area contributed by atoms with Crippen LogP contribution in [0, 0.1) is 11.6 Å². The minimum Gasteiger partial charge on any atom is -0.478 e. The Labute approximate surface area is 193 Å². The van der Waals surface area contributed by atoms with Gasteiger partial charge in [0.05, 0.1) is 24.3 Å². The average Bonchev–Trinajstić information content (AvgIpc) is 3.03. The van der Waals surface area contributed by atoms with Gasteiger partial charge in [-0.05, 0) is 24.3 Å². The van der Waals surface area contributed by atoms with Gasteiger partial charge in [0.25, 0.3) is 5.91 Å². The highest BCUT2D eigenvalue weighted by Gasteiger charge is 2.33. The Morgan fingerprint density at radius 3 is 2.32 bits per heavy atom. The molecule has 0 spiro atoms. The van der Waals surface area contributed by atoms with Crippen molar-refractivity contribution in [2.75, 3.05) is 49.1 Å². The molecular formula is C22H23F2N5O5. The van der Waals surface area contributed by atoms with Crippen LogP contribution in [0.2, 0.25) is 0 Å². The molecule has 34 heavy (non-hydrogen) atoms. The van der Waals surface area contributed by atoms with Gasteiger partial charge in [-0.3, -0.25) is 14.7 Å². The van der Waals surface area contributed by atoms with E-state index in [1.807, 2.05) is 0 Å². The highest BCUT2D eigenvalue weighted by atomic mass is 19.1. The molecule has 0 radical (unpaired) electrons. The van der Waals surface area contributed by atoms with Crippen molar-refractivity contribution < 1.29 is 33.0 Å². The molecule has 0 aromatic heterocycles. The van der Waals surface area contributed by atoms with E-state index in [-0.39, 0.29) is 61.8 Å². The fourth-order valence-corrected chi connectivity index (χ4v) is 3.90. The van der Waals surface area contributed by atoms with Crippen LogP contribution >= 0.6 is 0 Å². The van der Waals surface area contributed by atoms with E-state index in [9.17, 15) is 23.2 Å². The molecule has 2 amide bonds. The topological polar surface area (TPSA) is 128 Å². The first kappa shape index (κ1) is 23.4. The van der Waals surface area contributed by atoms with Crippen LogP contribution in [-0.2, 0) is 4.74 Å². The Morgan fingerprint density at radius 2 is 1.74 bits per heavy atom. The fourth-order valence-electron chi connectivity index (χ4n) is 3.90. The lowest BCUT2D eigenvalue weighted by Crippen LogP contribution is -2.43. The molecule has 2 heterocycles. The number of carboxylic acid groups (broad SMARTS) is 1. The first-order valence-corrected chi connectivity index (χ1v) is 10.6. The van der Waals surface area contributed by atoms with Gasteiger partial charge < -0.3 is 20.5 Å². The van der Waals surface area contributed by atoms with Crippen molar-refractivity contribution in [2.24, 2.45) is 5.73 Å². The number of nitrogens with two attached hydrogens (primary N) is 1. The van der Waals surface area contributed by atoms with Gasteiger partial charge in [0.1, 0.15) is 11.8 Å². The number of carbonyl (C=O) groups is 3. The van der Waals surface area contributed by atoms with Gasteiger partial charge in [-0.15, -0.1) is 0 Å². The molecule has 2 saturated heterocycles. The van der Waals surface area contributed by atoms with Gasteiger partial charge in [-0.25, -0.2) is 23.8 Å². The Balaban J connectivity index is 1.47. The number of ether oxygens (including phenoxy) is 1. The molecule has 0 aliphatic carbocycles. The molecule has 2 fully saturated rings. The number of anilines is 2. The van der Waals surface area contributed by atoms with Crippen LogP contribution in [0.4, 0.5) is 25.0 Å². The summed E-state index contributed by atoms with van der Waals surface area (Å²) in [6, 6.07) is 7.63. The largest absolute Gasteiger partial charge is 0.478 e. The highest BCUT2D eigenvalue weighted by molar-refractivity contribution is 5.95. The zero-order valence-corrected chi connectivity index (χ0v) is 18.0. The number of hydrogen-bond donors (Lipinski definition) is 3. The second kappa shape index (κ2) is 9.61. The quantitative estimate of drug-likeness (QED) is 0.592. The number of halogens is 2. The third kappa shape index (κ3) is 4.63. The van der Waals surface area contributed by atoms with Crippen molar-refractivity contribution in [3.63, 3.8) is 0 Å². The SMILES string of the molecule is NC[C@H]1CN(c2cc(F)c(N3CCNN(C(=O)c4ccc(C(=O)O)cc4)CC3)c(F)c2)C(=O)O1. The third-order valence-corrected chi connectivity index (χ3v) is 5.67. The van der Waals surface area contributed by atoms with Crippen molar-refractivity contribution in [3.05, 3.63) is 59.2 Å². The molecule has 0 saturated carbocycles. The maximum Gasteiger partial charge on any atom is 0.414 e. The summed E-state index contributed by atoms with van der Waals surface area (Å²) in [4.78, 5) is 38.4. The molecule has 4 rings (SSSR count). The number of cyclic esters (lactones) is 1. The summed E-state index contributed by atoms with van der Waals surface area (Å²) in [5.41, 5.74) is 8.55. The Morgan fingerprint density at radius 1 is 1.09 bits per heavy atom. The van der Waals surface area contributed by atoms with Gasteiger partial charge in [-0.2, -0.15) is 0 Å². The number of carbonyl (C=O) groups excluding carboxylic acids is 2. The molecule has 0 bridgehead atoms. The van der Waals surface area contributed by atoms with Gasteiger partial charge in [-0.1, -0.05) is 0 Å². The maximum absolute atomic E-state index is 15.0.